The van der Waals surface area contributed by atoms with Crippen molar-refractivity contribution in [3.63, 3.8) is 0 Å². The molecule has 0 aliphatic carbocycles. The van der Waals surface area contributed by atoms with E-state index in [0.717, 1.165) is 18.4 Å². The minimum atomic E-state index is -0.466. The Morgan fingerprint density at radius 3 is 2.56 bits per heavy atom. The lowest BCUT2D eigenvalue weighted by Crippen LogP contribution is -2.40. The van der Waals surface area contributed by atoms with Crippen molar-refractivity contribution in [3.8, 4) is 0 Å². The molecule has 1 aromatic carbocycles. The highest BCUT2D eigenvalue weighted by molar-refractivity contribution is 5.81. The van der Waals surface area contributed by atoms with Crippen LogP contribution in [0.15, 0.2) is 24.3 Å². The van der Waals surface area contributed by atoms with Gasteiger partial charge in [0.05, 0.1) is 6.04 Å². The molecule has 0 bridgehead atoms. The van der Waals surface area contributed by atoms with Crippen LogP contribution in [0.25, 0.3) is 0 Å². The fourth-order valence-corrected chi connectivity index (χ4v) is 2.27. The third-order valence-corrected chi connectivity index (χ3v) is 3.45. The molecule has 1 amide bonds. The van der Waals surface area contributed by atoms with Crippen LogP contribution < -0.4 is 11.1 Å². The zero-order chi connectivity index (χ0) is 13.5. The van der Waals surface area contributed by atoms with Gasteiger partial charge >= 0.3 is 0 Å². The maximum atomic E-state index is 11.4. The van der Waals surface area contributed by atoms with Crippen molar-refractivity contribution in [2.24, 2.45) is 5.73 Å². The summed E-state index contributed by atoms with van der Waals surface area (Å²) in [4.78, 5) is 11.4. The average Bonchev–Trinajstić information content (AvgIpc) is 2.39. The van der Waals surface area contributed by atoms with Crippen molar-refractivity contribution in [2.45, 2.75) is 45.1 Å². The van der Waals surface area contributed by atoms with E-state index in [2.05, 4.69) is 37.4 Å². The highest BCUT2D eigenvalue weighted by Crippen LogP contribution is 2.23. The van der Waals surface area contributed by atoms with E-state index < -0.39 is 6.04 Å². The van der Waals surface area contributed by atoms with E-state index in [1.54, 1.807) is 7.05 Å². The van der Waals surface area contributed by atoms with Crippen molar-refractivity contribution < 1.29 is 4.79 Å². The summed E-state index contributed by atoms with van der Waals surface area (Å²) in [6.07, 6.45) is 2.87. The number of nitrogens with two attached hydrogens (primary N) is 1. The van der Waals surface area contributed by atoms with E-state index >= 15 is 0 Å². The van der Waals surface area contributed by atoms with E-state index in [-0.39, 0.29) is 5.91 Å². The van der Waals surface area contributed by atoms with Crippen LogP contribution in [0, 0.1) is 0 Å². The van der Waals surface area contributed by atoms with Gasteiger partial charge in [0.1, 0.15) is 0 Å². The molecule has 1 rings (SSSR count). The van der Waals surface area contributed by atoms with E-state index in [0.29, 0.717) is 12.3 Å². The van der Waals surface area contributed by atoms with Crippen LogP contribution in [0.5, 0.6) is 0 Å². The average molecular weight is 248 g/mol. The summed E-state index contributed by atoms with van der Waals surface area (Å²) in [7, 11) is 1.61. The molecule has 0 saturated carbocycles. The standard InChI is InChI=1S/C15H24N2O/c1-4-12(5-2)13-8-6-7-11(9-13)10-14(16)15(18)17-3/h6-9,12,14H,4-5,10,16H2,1-3H3,(H,17,18). The summed E-state index contributed by atoms with van der Waals surface area (Å²) < 4.78 is 0. The second-order valence-corrected chi connectivity index (χ2v) is 4.68. The molecule has 3 nitrogen and oxygen atoms in total. The smallest absolute Gasteiger partial charge is 0.237 e. The molecule has 1 atom stereocenters. The first-order valence-corrected chi connectivity index (χ1v) is 6.68. The van der Waals surface area contributed by atoms with Crippen LogP contribution in [-0.4, -0.2) is 19.0 Å². The molecule has 0 aliphatic rings. The van der Waals surface area contributed by atoms with Crippen molar-refractivity contribution in [3.05, 3.63) is 35.4 Å². The third kappa shape index (κ3) is 3.84. The van der Waals surface area contributed by atoms with Gasteiger partial charge in [-0.05, 0) is 36.3 Å². The summed E-state index contributed by atoms with van der Waals surface area (Å²) in [6.45, 7) is 4.41. The number of amides is 1. The molecule has 0 radical (unpaired) electrons. The molecular formula is C15H24N2O. The number of nitrogens with one attached hydrogen (secondary N) is 1. The van der Waals surface area contributed by atoms with Crippen molar-refractivity contribution in [1.29, 1.82) is 0 Å². The second kappa shape index (κ2) is 7.17. The van der Waals surface area contributed by atoms with Crippen molar-refractivity contribution in [2.75, 3.05) is 7.05 Å². The molecule has 100 valence electrons. The maximum Gasteiger partial charge on any atom is 0.237 e. The minimum absolute atomic E-state index is 0.108. The van der Waals surface area contributed by atoms with E-state index in [1.807, 2.05) is 6.07 Å². The van der Waals surface area contributed by atoms with Crippen LogP contribution in [-0.2, 0) is 11.2 Å². The molecule has 1 unspecified atom stereocenters. The summed E-state index contributed by atoms with van der Waals surface area (Å²) in [5.74, 6) is 0.490. The molecule has 3 N–H and O–H groups in total. The summed E-state index contributed by atoms with van der Waals surface area (Å²) in [5.41, 5.74) is 8.32. The zero-order valence-electron chi connectivity index (χ0n) is 11.6. The molecule has 0 aromatic heterocycles. The molecule has 0 heterocycles. The molecule has 0 saturated heterocycles. The SMILES string of the molecule is CCC(CC)c1cccc(CC(N)C(=O)NC)c1. The topological polar surface area (TPSA) is 55.1 Å². The molecule has 0 spiro atoms. The summed E-state index contributed by atoms with van der Waals surface area (Å²) in [6, 6.07) is 7.97. The highest BCUT2D eigenvalue weighted by Gasteiger charge is 2.13. The van der Waals surface area contributed by atoms with Crippen LogP contribution >= 0.6 is 0 Å². The highest BCUT2D eigenvalue weighted by atomic mass is 16.2. The number of hydrogen-bond acceptors (Lipinski definition) is 2. The summed E-state index contributed by atoms with van der Waals surface area (Å²) in [5, 5.41) is 2.58. The quantitative estimate of drug-likeness (QED) is 0.811. The predicted molar refractivity (Wildman–Crippen MR) is 75.5 cm³/mol. The Morgan fingerprint density at radius 2 is 2.00 bits per heavy atom. The minimum Gasteiger partial charge on any atom is -0.358 e. The molecular weight excluding hydrogens is 224 g/mol. The Morgan fingerprint density at radius 1 is 1.33 bits per heavy atom. The third-order valence-electron chi connectivity index (χ3n) is 3.45. The van der Waals surface area contributed by atoms with Crippen LogP contribution in [0.4, 0.5) is 0 Å². The van der Waals surface area contributed by atoms with Gasteiger partial charge in [-0.2, -0.15) is 0 Å². The van der Waals surface area contributed by atoms with E-state index in [9.17, 15) is 4.79 Å². The molecule has 0 aliphatic heterocycles. The second-order valence-electron chi connectivity index (χ2n) is 4.68. The van der Waals surface area contributed by atoms with Gasteiger partial charge in [0, 0.05) is 7.05 Å². The fourth-order valence-electron chi connectivity index (χ4n) is 2.27. The molecule has 3 heteroatoms. The van der Waals surface area contributed by atoms with Crippen molar-refractivity contribution >= 4 is 5.91 Å². The van der Waals surface area contributed by atoms with Gasteiger partial charge in [-0.25, -0.2) is 0 Å². The number of benzene rings is 1. The first-order chi connectivity index (χ1) is 8.62. The molecule has 18 heavy (non-hydrogen) atoms. The van der Waals surface area contributed by atoms with Gasteiger partial charge in [0.25, 0.3) is 0 Å². The van der Waals surface area contributed by atoms with Crippen molar-refractivity contribution in [1.82, 2.24) is 5.32 Å². The van der Waals surface area contributed by atoms with Crippen LogP contribution in [0.1, 0.15) is 43.7 Å². The normalized spacial score (nSPS) is 12.5. The van der Waals surface area contributed by atoms with Crippen LogP contribution in [0.2, 0.25) is 0 Å². The zero-order valence-corrected chi connectivity index (χ0v) is 11.6. The monoisotopic (exact) mass is 248 g/mol. The number of rotatable bonds is 6. The number of likely N-dealkylation sites (N-methyl/N-ethyl adjacent to an activating group) is 1. The number of carbonyl (C=O) groups excluding carboxylic acids is 1. The van der Waals surface area contributed by atoms with Gasteiger partial charge in [0.2, 0.25) is 5.91 Å². The Balaban J connectivity index is 2.79. The fraction of sp³-hybridized carbons (Fsp3) is 0.533. The first-order valence-electron chi connectivity index (χ1n) is 6.68. The van der Waals surface area contributed by atoms with Crippen LogP contribution in [0.3, 0.4) is 0 Å². The lowest BCUT2D eigenvalue weighted by atomic mass is 9.91. The maximum absolute atomic E-state index is 11.4. The lowest BCUT2D eigenvalue weighted by Gasteiger charge is -2.15. The largest absolute Gasteiger partial charge is 0.358 e. The Hall–Kier alpha value is -1.35. The lowest BCUT2D eigenvalue weighted by molar-refractivity contribution is -0.121. The van der Waals surface area contributed by atoms with E-state index in [1.165, 1.54) is 5.56 Å². The first kappa shape index (κ1) is 14.7. The Kier molecular flexibility index (Phi) is 5.86. The predicted octanol–water partition coefficient (Wildman–Crippen LogP) is 2.21. The number of hydrogen-bond donors (Lipinski definition) is 2. The van der Waals surface area contributed by atoms with Gasteiger partial charge in [-0.15, -0.1) is 0 Å². The van der Waals surface area contributed by atoms with Gasteiger partial charge < -0.3 is 11.1 Å². The van der Waals surface area contributed by atoms with Gasteiger partial charge in [0.15, 0.2) is 0 Å². The van der Waals surface area contributed by atoms with E-state index in [4.69, 9.17) is 5.73 Å². The van der Waals surface area contributed by atoms with Gasteiger partial charge in [-0.3, -0.25) is 4.79 Å². The Bertz CT molecular complexity index is 386. The Labute approximate surface area is 110 Å². The molecule has 1 aromatic rings. The molecule has 0 fully saturated rings. The van der Waals surface area contributed by atoms with Gasteiger partial charge in [-0.1, -0.05) is 38.1 Å². The number of carbonyl (C=O) groups is 1. The summed E-state index contributed by atoms with van der Waals surface area (Å²) >= 11 is 0.